The van der Waals surface area contributed by atoms with Crippen molar-refractivity contribution in [1.29, 1.82) is 0 Å². The Hall–Kier alpha value is -0.0800. The smallest absolute Gasteiger partial charge is 0.193 e. The number of halogens is 1. The molecule has 5 fully saturated rings. The third-order valence-corrected chi connectivity index (χ3v) is 7.43. The predicted octanol–water partition coefficient (Wildman–Crippen LogP) is 3.77. The number of nitrogens with one attached hydrogen (secondary N) is 1. The molecule has 162 valence electrons. The number of hydrogen-bond donors (Lipinski definition) is 1. The van der Waals surface area contributed by atoms with Gasteiger partial charge in [0.25, 0.3) is 0 Å². The maximum atomic E-state index is 5.76. The van der Waals surface area contributed by atoms with Crippen LogP contribution in [0.5, 0.6) is 0 Å². The van der Waals surface area contributed by atoms with Gasteiger partial charge in [-0.25, -0.2) is 0 Å². The van der Waals surface area contributed by atoms with E-state index in [1.165, 1.54) is 44.9 Å². The van der Waals surface area contributed by atoms with Crippen LogP contribution in [0.3, 0.4) is 0 Å². The minimum Gasteiger partial charge on any atom is -0.382 e. The molecule has 1 aliphatic heterocycles. The second-order valence-corrected chi connectivity index (χ2v) is 9.76. The van der Waals surface area contributed by atoms with Crippen molar-refractivity contribution in [2.45, 2.75) is 51.9 Å². The number of rotatable bonds is 8. The number of methoxy groups -OCH3 is 1. The fourth-order valence-corrected chi connectivity index (χ4v) is 6.71. The van der Waals surface area contributed by atoms with Gasteiger partial charge in [-0.15, -0.1) is 24.0 Å². The zero-order chi connectivity index (χ0) is 18.7. The van der Waals surface area contributed by atoms with Crippen LogP contribution in [-0.4, -0.2) is 64.0 Å². The van der Waals surface area contributed by atoms with E-state index in [1.807, 2.05) is 0 Å². The molecule has 5 nitrogen and oxygen atoms in total. The summed E-state index contributed by atoms with van der Waals surface area (Å²) in [5, 5.41) is 3.57. The molecule has 1 saturated heterocycles. The van der Waals surface area contributed by atoms with Gasteiger partial charge in [-0.05, 0) is 75.0 Å². The lowest BCUT2D eigenvalue weighted by Gasteiger charge is -2.56. The number of ether oxygens (including phenoxy) is 2. The van der Waals surface area contributed by atoms with Gasteiger partial charge in [-0.2, -0.15) is 0 Å². The van der Waals surface area contributed by atoms with Crippen LogP contribution in [0.2, 0.25) is 0 Å². The summed E-state index contributed by atoms with van der Waals surface area (Å²) in [5.74, 6) is 4.79. The maximum Gasteiger partial charge on any atom is 0.193 e. The monoisotopic (exact) mass is 505 g/mol. The minimum absolute atomic E-state index is 0. The lowest BCUT2D eigenvalue weighted by atomic mass is 9.49. The van der Waals surface area contributed by atoms with Crippen LogP contribution >= 0.6 is 24.0 Å². The quantitative estimate of drug-likeness (QED) is 0.236. The van der Waals surface area contributed by atoms with Gasteiger partial charge in [0.2, 0.25) is 0 Å². The summed E-state index contributed by atoms with van der Waals surface area (Å²) in [7, 11) is 1.73. The van der Waals surface area contributed by atoms with Crippen molar-refractivity contribution >= 4 is 29.9 Å². The van der Waals surface area contributed by atoms with Gasteiger partial charge in [0.15, 0.2) is 5.96 Å². The highest BCUT2D eigenvalue weighted by Crippen LogP contribution is 2.60. The minimum atomic E-state index is 0. The second-order valence-electron chi connectivity index (χ2n) is 9.76. The van der Waals surface area contributed by atoms with Gasteiger partial charge in [-0.1, -0.05) is 0 Å². The van der Waals surface area contributed by atoms with Crippen molar-refractivity contribution in [3.63, 3.8) is 0 Å². The van der Waals surface area contributed by atoms with E-state index in [9.17, 15) is 0 Å². The van der Waals surface area contributed by atoms with Crippen molar-refractivity contribution in [3.8, 4) is 0 Å². The lowest BCUT2D eigenvalue weighted by molar-refractivity contribution is -0.0466. The molecule has 28 heavy (non-hydrogen) atoms. The molecule has 0 amide bonds. The summed E-state index contributed by atoms with van der Waals surface area (Å²) in [6.07, 6.45) is 10.1. The van der Waals surface area contributed by atoms with E-state index in [0.29, 0.717) is 24.5 Å². The molecule has 0 aromatic carbocycles. The van der Waals surface area contributed by atoms with Crippen LogP contribution in [0.15, 0.2) is 4.99 Å². The standard InChI is InChI=1S/C22H39N3O2.HI/c1-3-23-21(25-5-4-17(14-25)15-27-7-6-26-2)24-16-22-11-18-8-19(12-22)10-20(9-18)13-22;/h17-20H,3-16H2,1-2H3,(H,23,24);1H. The largest absolute Gasteiger partial charge is 0.382 e. The van der Waals surface area contributed by atoms with Crippen LogP contribution < -0.4 is 5.32 Å². The molecule has 0 spiro atoms. The van der Waals surface area contributed by atoms with Gasteiger partial charge in [0.1, 0.15) is 0 Å². The maximum absolute atomic E-state index is 5.76. The normalized spacial score (nSPS) is 36.6. The van der Waals surface area contributed by atoms with Crippen molar-refractivity contribution in [2.75, 3.05) is 53.1 Å². The Kier molecular flexibility index (Phi) is 8.31. The third-order valence-electron chi connectivity index (χ3n) is 7.43. The summed E-state index contributed by atoms with van der Waals surface area (Å²) in [4.78, 5) is 7.67. The van der Waals surface area contributed by atoms with Crippen molar-refractivity contribution in [3.05, 3.63) is 0 Å². The highest BCUT2D eigenvalue weighted by molar-refractivity contribution is 14.0. The molecule has 1 N–H and O–H groups in total. The Balaban J connectivity index is 0.00000225. The fourth-order valence-electron chi connectivity index (χ4n) is 6.71. The highest BCUT2D eigenvalue weighted by Gasteiger charge is 2.50. The number of likely N-dealkylation sites (tertiary alicyclic amines) is 1. The molecule has 4 saturated carbocycles. The molecular weight excluding hydrogens is 465 g/mol. The Morgan fingerprint density at radius 1 is 1.11 bits per heavy atom. The van der Waals surface area contributed by atoms with E-state index in [0.717, 1.165) is 56.5 Å². The first-order valence-corrected chi connectivity index (χ1v) is 11.3. The van der Waals surface area contributed by atoms with Gasteiger partial charge in [0.05, 0.1) is 19.8 Å². The Bertz CT molecular complexity index is 493. The summed E-state index contributed by atoms with van der Waals surface area (Å²) < 4.78 is 10.8. The molecule has 1 unspecified atom stereocenters. The second kappa shape index (κ2) is 10.3. The zero-order valence-corrected chi connectivity index (χ0v) is 20.2. The summed E-state index contributed by atoms with van der Waals surface area (Å²) >= 11 is 0. The van der Waals surface area contributed by atoms with Crippen LogP contribution in [0.4, 0.5) is 0 Å². The Morgan fingerprint density at radius 2 is 1.79 bits per heavy atom. The van der Waals surface area contributed by atoms with Gasteiger partial charge < -0.3 is 19.7 Å². The SMILES string of the molecule is CCNC(=NCC12CC3CC(CC(C3)C1)C2)N1CCC(COCCOC)C1.I. The average molecular weight is 505 g/mol. The molecule has 0 radical (unpaired) electrons. The van der Waals surface area contributed by atoms with Gasteiger partial charge in [0, 0.05) is 39.2 Å². The van der Waals surface area contributed by atoms with Crippen molar-refractivity contribution in [2.24, 2.45) is 34.1 Å². The Morgan fingerprint density at radius 3 is 2.39 bits per heavy atom. The molecule has 1 atom stereocenters. The molecule has 4 bridgehead atoms. The number of hydrogen-bond acceptors (Lipinski definition) is 3. The zero-order valence-electron chi connectivity index (χ0n) is 17.8. The van der Waals surface area contributed by atoms with E-state index in [4.69, 9.17) is 14.5 Å². The first-order valence-electron chi connectivity index (χ1n) is 11.3. The third kappa shape index (κ3) is 5.34. The number of nitrogens with zero attached hydrogens (tertiary/aromatic N) is 2. The van der Waals surface area contributed by atoms with Gasteiger partial charge in [-0.3, -0.25) is 4.99 Å². The Labute approximate surface area is 188 Å². The first kappa shape index (κ1) is 22.6. The van der Waals surface area contributed by atoms with E-state index in [2.05, 4.69) is 17.1 Å². The highest BCUT2D eigenvalue weighted by atomic mass is 127. The lowest BCUT2D eigenvalue weighted by Crippen LogP contribution is -2.48. The van der Waals surface area contributed by atoms with Crippen molar-refractivity contribution < 1.29 is 9.47 Å². The molecule has 0 aromatic rings. The summed E-state index contributed by atoms with van der Waals surface area (Å²) in [6, 6.07) is 0. The molecule has 5 rings (SSSR count). The molecular formula is C22H40IN3O2. The molecule has 5 aliphatic rings. The van der Waals surface area contributed by atoms with Crippen LogP contribution in [0.1, 0.15) is 51.9 Å². The van der Waals surface area contributed by atoms with Crippen LogP contribution in [-0.2, 0) is 9.47 Å². The van der Waals surface area contributed by atoms with E-state index in [-0.39, 0.29) is 24.0 Å². The molecule has 6 heteroatoms. The topological polar surface area (TPSA) is 46.1 Å². The number of guanidine groups is 1. The van der Waals surface area contributed by atoms with E-state index in [1.54, 1.807) is 7.11 Å². The number of aliphatic imine (C=N–C) groups is 1. The molecule has 1 heterocycles. The molecule has 4 aliphatic carbocycles. The predicted molar refractivity (Wildman–Crippen MR) is 124 cm³/mol. The van der Waals surface area contributed by atoms with Crippen LogP contribution in [0.25, 0.3) is 0 Å². The van der Waals surface area contributed by atoms with E-state index >= 15 is 0 Å². The van der Waals surface area contributed by atoms with Crippen molar-refractivity contribution in [1.82, 2.24) is 10.2 Å². The average Bonchev–Trinajstić information content (AvgIpc) is 3.10. The molecule has 0 aromatic heterocycles. The summed E-state index contributed by atoms with van der Waals surface area (Å²) in [6.45, 7) is 8.58. The van der Waals surface area contributed by atoms with E-state index < -0.39 is 0 Å². The summed E-state index contributed by atoms with van der Waals surface area (Å²) in [5.41, 5.74) is 0.526. The fraction of sp³-hybridized carbons (Fsp3) is 0.955. The van der Waals surface area contributed by atoms with Gasteiger partial charge >= 0.3 is 0 Å². The first-order chi connectivity index (χ1) is 13.2. The van der Waals surface area contributed by atoms with Crippen LogP contribution in [0, 0.1) is 29.1 Å².